The fourth-order valence-corrected chi connectivity index (χ4v) is 3.47. The third-order valence-electron chi connectivity index (χ3n) is 4.28. The van der Waals surface area contributed by atoms with Crippen LogP contribution in [0.5, 0.6) is 0 Å². The van der Waals surface area contributed by atoms with Crippen molar-refractivity contribution in [1.82, 2.24) is 9.88 Å². The smallest absolute Gasteiger partial charge is 0.226 e. The molecule has 4 heteroatoms. The normalized spacial score (nSPS) is 12.7. The van der Waals surface area contributed by atoms with E-state index in [-0.39, 0.29) is 0 Å². The van der Waals surface area contributed by atoms with Gasteiger partial charge in [-0.15, -0.1) is 11.3 Å². The lowest BCUT2D eigenvalue weighted by atomic mass is 10.1. The molecule has 0 aliphatic carbocycles. The monoisotopic (exact) mass is 326 g/mol. The van der Waals surface area contributed by atoms with Crippen molar-refractivity contribution in [3.8, 4) is 11.5 Å². The number of aromatic nitrogens is 1. The van der Waals surface area contributed by atoms with Crippen LogP contribution >= 0.6 is 11.3 Å². The van der Waals surface area contributed by atoms with Crippen molar-refractivity contribution >= 4 is 11.3 Å². The number of nitrogens with zero attached hydrogens (tertiary/aromatic N) is 2. The quantitative estimate of drug-likeness (QED) is 0.644. The molecule has 0 aliphatic heterocycles. The first-order valence-corrected chi connectivity index (χ1v) is 8.70. The second-order valence-electron chi connectivity index (χ2n) is 5.94. The van der Waals surface area contributed by atoms with Gasteiger partial charge in [-0.2, -0.15) is 0 Å². The van der Waals surface area contributed by atoms with Crippen molar-refractivity contribution in [3.05, 3.63) is 63.7 Å². The third-order valence-corrected chi connectivity index (χ3v) is 5.33. The lowest BCUT2D eigenvalue weighted by Crippen LogP contribution is -2.21. The van der Waals surface area contributed by atoms with Crippen molar-refractivity contribution in [2.75, 3.05) is 7.05 Å². The lowest BCUT2D eigenvalue weighted by molar-refractivity contribution is 0.252. The van der Waals surface area contributed by atoms with Crippen molar-refractivity contribution in [1.29, 1.82) is 0 Å². The highest BCUT2D eigenvalue weighted by Crippen LogP contribution is 2.28. The topological polar surface area (TPSA) is 29.3 Å². The first-order valence-electron chi connectivity index (χ1n) is 7.82. The van der Waals surface area contributed by atoms with Gasteiger partial charge in [-0.1, -0.05) is 24.3 Å². The van der Waals surface area contributed by atoms with Crippen LogP contribution in [0.4, 0.5) is 0 Å². The molecule has 0 radical (unpaired) electrons. The maximum absolute atomic E-state index is 5.92. The second kappa shape index (κ2) is 6.69. The van der Waals surface area contributed by atoms with E-state index in [0.29, 0.717) is 11.9 Å². The number of rotatable bonds is 5. The van der Waals surface area contributed by atoms with Crippen LogP contribution in [0.3, 0.4) is 0 Å². The highest BCUT2D eigenvalue weighted by molar-refractivity contribution is 7.10. The van der Waals surface area contributed by atoms with Gasteiger partial charge in [-0.3, -0.25) is 4.90 Å². The molecule has 0 N–H and O–H groups in total. The summed E-state index contributed by atoms with van der Waals surface area (Å²) in [6, 6.07) is 12.8. The molecule has 0 saturated heterocycles. The van der Waals surface area contributed by atoms with Crippen LogP contribution in [0, 0.1) is 13.8 Å². The zero-order chi connectivity index (χ0) is 16.4. The fraction of sp³-hybridized carbons (Fsp3) is 0.316. The van der Waals surface area contributed by atoms with Gasteiger partial charge in [-0.05, 0) is 50.9 Å². The summed E-state index contributed by atoms with van der Waals surface area (Å²) in [5, 5.41) is 2.12. The van der Waals surface area contributed by atoms with E-state index in [1.165, 1.54) is 10.4 Å². The molecule has 3 aromatic rings. The molecule has 3 nitrogen and oxygen atoms in total. The van der Waals surface area contributed by atoms with E-state index in [4.69, 9.17) is 9.40 Å². The second-order valence-corrected chi connectivity index (χ2v) is 6.92. The van der Waals surface area contributed by atoms with Crippen molar-refractivity contribution < 1.29 is 4.42 Å². The average molecular weight is 326 g/mol. The molecular formula is C19H22N2OS. The summed E-state index contributed by atoms with van der Waals surface area (Å²) in [5.74, 6) is 1.61. The molecule has 1 aromatic carbocycles. The Balaban J connectivity index is 1.80. The SMILES string of the molecule is Cc1ccccc1-c1nc(CN(C)[C@H](C)c2cccs2)c(C)o1. The summed E-state index contributed by atoms with van der Waals surface area (Å²) >= 11 is 1.79. The minimum absolute atomic E-state index is 0.369. The van der Waals surface area contributed by atoms with E-state index < -0.39 is 0 Å². The molecule has 0 unspecified atom stereocenters. The van der Waals surface area contributed by atoms with Crippen LogP contribution in [0.1, 0.15) is 34.9 Å². The Hall–Kier alpha value is -1.91. The summed E-state index contributed by atoms with van der Waals surface area (Å²) in [6.07, 6.45) is 0. The van der Waals surface area contributed by atoms with Crippen LogP contribution in [-0.2, 0) is 6.54 Å². The van der Waals surface area contributed by atoms with E-state index in [1.807, 2.05) is 19.1 Å². The Morgan fingerprint density at radius 3 is 2.65 bits per heavy atom. The first kappa shape index (κ1) is 16.0. The van der Waals surface area contributed by atoms with E-state index >= 15 is 0 Å². The number of hydrogen-bond acceptors (Lipinski definition) is 4. The van der Waals surface area contributed by atoms with Gasteiger partial charge in [0.15, 0.2) is 0 Å². The Labute approximate surface area is 141 Å². The maximum Gasteiger partial charge on any atom is 0.226 e. The summed E-state index contributed by atoms with van der Waals surface area (Å²) in [4.78, 5) is 8.41. The van der Waals surface area contributed by atoms with Crippen molar-refractivity contribution in [2.24, 2.45) is 0 Å². The average Bonchev–Trinajstić information content (AvgIpc) is 3.18. The van der Waals surface area contributed by atoms with E-state index in [2.05, 4.69) is 55.4 Å². The zero-order valence-electron chi connectivity index (χ0n) is 14.0. The minimum atomic E-state index is 0.369. The van der Waals surface area contributed by atoms with Gasteiger partial charge in [0.25, 0.3) is 0 Å². The maximum atomic E-state index is 5.92. The van der Waals surface area contributed by atoms with E-state index in [9.17, 15) is 0 Å². The molecule has 23 heavy (non-hydrogen) atoms. The Morgan fingerprint density at radius 2 is 1.96 bits per heavy atom. The number of benzene rings is 1. The molecular weight excluding hydrogens is 304 g/mol. The Bertz CT molecular complexity index is 777. The predicted molar refractivity (Wildman–Crippen MR) is 95.6 cm³/mol. The Kier molecular flexibility index (Phi) is 4.64. The molecule has 0 aliphatic rings. The molecule has 0 fully saturated rings. The molecule has 3 rings (SSSR count). The van der Waals surface area contributed by atoms with Crippen molar-refractivity contribution in [3.63, 3.8) is 0 Å². The fourth-order valence-electron chi connectivity index (χ4n) is 2.62. The molecule has 2 aromatic heterocycles. The zero-order valence-corrected chi connectivity index (χ0v) is 14.9. The Morgan fingerprint density at radius 1 is 1.17 bits per heavy atom. The van der Waals surface area contributed by atoms with Gasteiger partial charge in [0.1, 0.15) is 5.76 Å². The molecule has 0 amide bonds. The molecule has 1 atom stereocenters. The molecule has 0 bridgehead atoms. The van der Waals surface area contributed by atoms with Crippen LogP contribution < -0.4 is 0 Å². The van der Waals surface area contributed by atoms with E-state index in [0.717, 1.165) is 23.6 Å². The number of oxazole rings is 1. The van der Waals surface area contributed by atoms with Gasteiger partial charge in [-0.25, -0.2) is 4.98 Å². The summed E-state index contributed by atoms with van der Waals surface area (Å²) in [6.45, 7) is 7.08. The van der Waals surface area contributed by atoms with Crippen LogP contribution in [0.2, 0.25) is 0 Å². The van der Waals surface area contributed by atoms with Gasteiger partial charge < -0.3 is 4.42 Å². The number of aryl methyl sites for hydroxylation is 2. The van der Waals surface area contributed by atoms with Crippen LogP contribution in [0.15, 0.2) is 46.2 Å². The lowest BCUT2D eigenvalue weighted by Gasteiger charge is -2.22. The first-order chi connectivity index (χ1) is 11.1. The molecule has 2 heterocycles. The van der Waals surface area contributed by atoms with Crippen LogP contribution in [0.25, 0.3) is 11.5 Å². The highest BCUT2D eigenvalue weighted by Gasteiger charge is 2.18. The van der Waals surface area contributed by atoms with Gasteiger partial charge >= 0.3 is 0 Å². The minimum Gasteiger partial charge on any atom is -0.441 e. The predicted octanol–water partition coefficient (Wildman–Crippen LogP) is 5.21. The summed E-state index contributed by atoms with van der Waals surface area (Å²) < 4.78 is 5.92. The standard InChI is InChI=1S/C19H22N2OS/c1-13-8-5-6-9-16(13)19-20-17(15(3)22-19)12-21(4)14(2)18-10-7-11-23-18/h5-11,14H,12H2,1-4H3/t14-/m1/s1. The molecule has 0 spiro atoms. The van der Waals surface area contributed by atoms with Crippen molar-refractivity contribution in [2.45, 2.75) is 33.4 Å². The summed E-state index contributed by atoms with van der Waals surface area (Å²) in [5.41, 5.74) is 3.26. The molecule has 120 valence electrons. The summed E-state index contributed by atoms with van der Waals surface area (Å²) in [7, 11) is 2.13. The van der Waals surface area contributed by atoms with Gasteiger partial charge in [0.05, 0.1) is 5.69 Å². The largest absolute Gasteiger partial charge is 0.441 e. The van der Waals surface area contributed by atoms with Gasteiger partial charge in [0, 0.05) is 23.0 Å². The molecule has 0 saturated carbocycles. The van der Waals surface area contributed by atoms with E-state index in [1.54, 1.807) is 11.3 Å². The number of thiophene rings is 1. The van der Waals surface area contributed by atoms with Crippen LogP contribution in [-0.4, -0.2) is 16.9 Å². The highest BCUT2D eigenvalue weighted by atomic mass is 32.1. The number of hydrogen-bond donors (Lipinski definition) is 0. The van der Waals surface area contributed by atoms with Gasteiger partial charge in [0.2, 0.25) is 5.89 Å². The third kappa shape index (κ3) is 3.38.